The summed E-state index contributed by atoms with van der Waals surface area (Å²) in [5.74, 6) is -3.02. The predicted molar refractivity (Wildman–Crippen MR) is 95.3 cm³/mol. The number of nitriles is 1. The van der Waals surface area contributed by atoms with Crippen LogP contribution in [0.2, 0.25) is 0 Å². The Labute approximate surface area is 159 Å². The van der Waals surface area contributed by atoms with Crippen molar-refractivity contribution >= 4 is 40.0 Å². The van der Waals surface area contributed by atoms with E-state index in [1.165, 1.54) is 18.3 Å². The number of thiophene rings is 1. The number of fused-ring (bicyclic) bond motifs is 1. The van der Waals surface area contributed by atoms with E-state index >= 15 is 0 Å². The van der Waals surface area contributed by atoms with Crippen LogP contribution in [0.25, 0.3) is 0 Å². The maximum atomic E-state index is 12.3. The normalized spacial score (nSPS) is 22.1. The largest absolute Gasteiger partial charge is 0.451 e. The third-order valence-corrected chi connectivity index (χ3v) is 5.42. The van der Waals surface area contributed by atoms with Gasteiger partial charge in [-0.1, -0.05) is 12.2 Å². The minimum Gasteiger partial charge on any atom is -0.451 e. The molecule has 1 saturated heterocycles. The fourth-order valence-electron chi connectivity index (χ4n) is 3.15. The Balaban J connectivity index is 1.56. The second kappa shape index (κ2) is 7.72. The lowest BCUT2D eigenvalue weighted by molar-refractivity contribution is -0.158. The first-order chi connectivity index (χ1) is 12.9. The molecule has 3 atom stereocenters. The van der Waals surface area contributed by atoms with Gasteiger partial charge in [-0.3, -0.25) is 24.1 Å². The second-order valence-electron chi connectivity index (χ2n) is 6.31. The number of imide groups is 1. The number of carbonyl (C=O) groups is 4. The molecule has 1 fully saturated rings. The SMILES string of the molecule is C[C@H](OC(=O)CN1C(=O)[C@H]2CC=CC[C@@H]2C1=O)C(=O)Nc1sccc1C#N. The van der Waals surface area contributed by atoms with Crippen molar-refractivity contribution in [2.45, 2.75) is 25.9 Å². The smallest absolute Gasteiger partial charge is 0.326 e. The van der Waals surface area contributed by atoms with E-state index in [4.69, 9.17) is 10.00 Å². The number of carbonyl (C=O) groups excluding carboxylic acids is 4. The predicted octanol–water partition coefficient (Wildman–Crippen LogP) is 1.44. The first-order valence-corrected chi connectivity index (χ1v) is 9.28. The molecule has 1 aliphatic carbocycles. The molecule has 9 heteroatoms. The van der Waals surface area contributed by atoms with E-state index in [0.717, 1.165) is 4.90 Å². The Morgan fingerprint density at radius 1 is 1.33 bits per heavy atom. The van der Waals surface area contributed by atoms with E-state index in [-0.39, 0.29) is 11.8 Å². The number of ether oxygens (including phenoxy) is 1. The van der Waals surface area contributed by atoms with Crippen molar-refractivity contribution in [3.05, 3.63) is 29.2 Å². The Morgan fingerprint density at radius 2 is 1.96 bits per heavy atom. The monoisotopic (exact) mass is 387 g/mol. The molecule has 0 saturated carbocycles. The van der Waals surface area contributed by atoms with E-state index in [1.54, 1.807) is 11.4 Å². The molecule has 0 unspecified atom stereocenters. The van der Waals surface area contributed by atoms with Crippen LogP contribution in [0.15, 0.2) is 23.6 Å². The van der Waals surface area contributed by atoms with Crippen molar-refractivity contribution in [3.63, 3.8) is 0 Å². The number of nitrogens with zero attached hydrogens (tertiary/aromatic N) is 2. The summed E-state index contributed by atoms with van der Waals surface area (Å²) in [6.07, 6.45) is 3.56. The first kappa shape index (κ1) is 18.8. The molecule has 8 nitrogen and oxygen atoms in total. The molecular weight excluding hydrogens is 370 g/mol. The number of nitrogens with one attached hydrogen (secondary N) is 1. The van der Waals surface area contributed by atoms with Gasteiger partial charge < -0.3 is 10.1 Å². The number of esters is 1. The van der Waals surface area contributed by atoms with Crippen molar-refractivity contribution in [2.24, 2.45) is 11.8 Å². The zero-order valence-electron chi connectivity index (χ0n) is 14.5. The zero-order chi connectivity index (χ0) is 19.6. The van der Waals surface area contributed by atoms with Crippen molar-refractivity contribution in [1.29, 1.82) is 5.26 Å². The Hall–Kier alpha value is -2.99. The highest BCUT2D eigenvalue weighted by molar-refractivity contribution is 7.14. The van der Waals surface area contributed by atoms with Crippen molar-refractivity contribution in [3.8, 4) is 6.07 Å². The van der Waals surface area contributed by atoms with E-state index in [2.05, 4.69) is 5.32 Å². The number of hydrogen-bond acceptors (Lipinski definition) is 7. The number of amides is 3. The minimum atomic E-state index is -1.14. The first-order valence-electron chi connectivity index (χ1n) is 8.40. The maximum absolute atomic E-state index is 12.3. The standard InChI is InChI=1S/C18H17N3O5S/c1-10(15(23)20-16-11(8-19)6-7-27-16)26-14(22)9-21-17(24)12-4-2-3-5-13(12)18(21)25/h2-3,6-7,10,12-13H,4-5,9H2,1H3,(H,20,23)/t10-,12-,13-/m0/s1. The minimum absolute atomic E-state index is 0.316. The van der Waals surface area contributed by atoms with Crippen molar-refractivity contribution in [2.75, 3.05) is 11.9 Å². The topological polar surface area (TPSA) is 117 Å². The van der Waals surface area contributed by atoms with Gasteiger partial charge >= 0.3 is 5.97 Å². The zero-order valence-corrected chi connectivity index (χ0v) is 15.3. The highest BCUT2D eigenvalue weighted by Gasteiger charge is 2.47. The Kier molecular flexibility index (Phi) is 5.37. The Morgan fingerprint density at radius 3 is 2.56 bits per heavy atom. The van der Waals surface area contributed by atoms with Gasteiger partial charge in [-0.2, -0.15) is 5.26 Å². The number of anilines is 1. The van der Waals surface area contributed by atoms with Crippen molar-refractivity contribution in [1.82, 2.24) is 4.90 Å². The quantitative estimate of drug-likeness (QED) is 0.464. The molecular formula is C18H17N3O5S. The third-order valence-electron chi connectivity index (χ3n) is 4.59. The van der Waals surface area contributed by atoms with Gasteiger partial charge in [0.05, 0.1) is 17.4 Å². The van der Waals surface area contributed by atoms with Crippen LogP contribution in [-0.2, 0) is 23.9 Å². The molecule has 0 bridgehead atoms. The van der Waals surface area contributed by atoms with Gasteiger partial charge in [0.25, 0.3) is 5.91 Å². The highest BCUT2D eigenvalue weighted by Crippen LogP contribution is 2.34. The summed E-state index contributed by atoms with van der Waals surface area (Å²) in [5, 5.41) is 13.5. The summed E-state index contributed by atoms with van der Waals surface area (Å²) in [6, 6.07) is 3.51. The summed E-state index contributed by atoms with van der Waals surface area (Å²) < 4.78 is 5.06. The van der Waals surface area contributed by atoms with Crippen LogP contribution in [0.3, 0.4) is 0 Å². The molecule has 2 heterocycles. The molecule has 3 amide bonds. The third kappa shape index (κ3) is 3.75. The lowest BCUT2D eigenvalue weighted by Gasteiger charge is -2.17. The van der Waals surface area contributed by atoms with Crippen LogP contribution in [0, 0.1) is 23.2 Å². The van der Waals surface area contributed by atoms with Gasteiger partial charge in [0.2, 0.25) is 11.8 Å². The van der Waals surface area contributed by atoms with Crippen LogP contribution in [-0.4, -0.2) is 41.2 Å². The number of rotatable bonds is 5. The van der Waals surface area contributed by atoms with Gasteiger partial charge in [0, 0.05) is 0 Å². The molecule has 27 heavy (non-hydrogen) atoms. The number of likely N-dealkylation sites (tertiary alicyclic amines) is 1. The molecule has 0 aromatic carbocycles. The lowest BCUT2D eigenvalue weighted by atomic mass is 9.85. The summed E-state index contributed by atoms with van der Waals surface area (Å²) in [4.78, 5) is 49.9. The highest BCUT2D eigenvalue weighted by atomic mass is 32.1. The lowest BCUT2D eigenvalue weighted by Crippen LogP contribution is -2.39. The van der Waals surface area contributed by atoms with Gasteiger partial charge in [0.1, 0.15) is 17.6 Å². The summed E-state index contributed by atoms with van der Waals surface area (Å²) in [6.45, 7) is 0.870. The number of hydrogen-bond donors (Lipinski definition) is 1. The van der Waals surface area contributed by atoms with Crippen LogP contribution in [0.4, 0.5) is 5.00 Å². The van der Waals surface area contributed by atoms with Crippen molar-refractivity contribution < 1.29 is 23.9 Å². The summed E-state index contributed by atoms with van der Waals surface area (Å²) in [5.41, 5.74) is 0.316. The maximum Gasteiger partial charge on any atom is 0.326 e. The molecule has 1 aromatic heterocycles. The number of allylic oxidation sites excluding steroid dienone is 2. The Bertz CT molecular complexity index is 843. The fourth-order valence-corrected chi connectivity index (χ4v) is 3.89. The molecule has 1 aliphatic heterocycles. The summed E-state index contributed by atoms with van der Waals surface area (Å²) >= 11 is 1.18. The van der Waals surface area contributed by atoms with Gasteiger partial charge in [-0.25, -0.2) is 0 Å². The molecule has 1 aromatic rings. The van der Waals surface area contributed by atoms with E-state index in [0.29, 0.717) is 23.4 Å². The molecule has 2 aliphatic rings. The second-order valence-corrected chi connectivity index (χ2v) is 7.23. The van der Waals surface area contributed by atoms with Crippen LogP contribution in [0.5, 0.6) is 0 Å². The molecule has 0 spiro atoms. The average molecular weight is 387 g/mol. The fraction of sp³-hybridized carbons (Fsp3) is 0.389. The van der Waals surface area contributed by atoms with E-state index in [1.807, 2.05) is 18.2 Å². The van der Waals surface area contributed by atoms with Gasteiger partial charge in [0.15, 0.2) is 6.10 Å². The van der Waals surface area contributed by atoms with Gasteiger partial charge in [-0.05, 0) is 31.2 Å². The van der Waals surface area contributed by atoms with E-state index < -0.39 is 36.4 Å². The molecule has 0 radical (unpaired) electrons. The van der Waals surface area contributed by atoms with Gasteiger partial charge in [-0.15, -0.1) is 11.3 Å². The molecule has 1 N–H and O–H groups in total. The average Bonchev–Trinajstić information content (AvgIpc) is 3.20. The van der Waals surface area contributed by atoms with Crippen LogP contribution in [0.1, 0.15) is 25.3 Å². The molecule has 3 rings (SSSR count). The van der Waals surface area contributed by atoms with Crippen LogP contribution >= 0.6 is 11.3 Å². The van der Waals surface area contributed by atoms with Crippen LogP contribution < -0.4 is 5.32 Å². The van der Waals surface area contributed by atoms with E-state index in [9.17, 15) is 19.2 Å². The summed E-state index contributed by atoms with van der Waals surface area (Å²) in [7, 11) is 0. The molecule has 140 valence electrons.